The molecule has 8 atom stereocenters. The molecule has 0 bridgehead atoms. The summed E-state index contributed by atoms with van der Waals surface area (Å²) >= 11 is 0. The second kappa shape index (κ2) is 45.9. The van der Waals surface area contributed by atoms with Gasteiger partial charge in [0.05, 0.1) is 31.3 Å². The molecule has 8 unspecified atom stereocenters. The fourth-order valence-electron chi connectivity index (χ4n) is 9.28. The molecule has 0 spiro atoms. The minimum Gasteiger partial charge on any atom is -0.393 e. The summed E-state index contributed by atoms with van der Waals surface area (Å²) in [6.07, 6.45) is 42.3. The van der Waals surface area contributed by atoms with E-state index in [1.165, 1.54) is 179 Å². The third-order valence-corrected chi connectivity index (χ3v) is 14.9. The van der Waals surface area contributed by atoms with Gasteiger partial charge in [0.1, 0.15) is 36.6 Å². The zero-order valence-electron chi connectivity index (χ0n) is 44.9. The Morgan fingerprint density at radius 1 is 0.493 bits per heavy atom. The number of phosphoric acid groups is 1. The largest absolute Gasteiger partial charge is 0.472 e. The topological polar surface area (TPSA) is 226 Å². The lowest BCUT2D eigenvalue weighted by molar-refractivity contribution is -0.220. The molecule has 1 rings (SSSR count). The van der Waals surface area contributed by atoms with Crippen molar-refractivity contribution in [2.45, 2.75) is 313 Å². The lowest BCUT2D eigenvalue weighted by Crippen LogP contribution is -2.64. The number of carbonyl (C=O) groups excluding carboxylic acids is 1. The van der Waals surface area contributed by atoms with Gasteiger partial charge in [-0.15, -0.1) is 0 Å². The number of unbranched alkanes of at least 4 members (excludes halogenated alkanes) is 32. The summed E-state index contributed by atoms with van der Waals surface area (Å²) in [5, 5.41) is 74.9. The summed E-state index contributed by atoms with van der Waals surface area (Å²) in [6.45, 7) is 3.77. The van der Waals surface area contributed by atoms with Crippen LogP contribution in [0.25, 0.3) is 0 Å². The number of carbonyl (C=O) groups is 1. The Morgan fingerprint density at radius 3 is 1.24 bits per heavy atom. The van der Waals surface area contributed by atoms with E-state index in [1.54, 1.807) is 6.08 Å². The summed E-state index contributed by atoms with van der Waals surface area (Å²) in [6, 6.07) is -1.26. The Bertz CT molecular complexity index is 1350. The Morgan fingerprint density at radius 2 is 0.831 bits per heavy atom. The first-order chi connectivity index (χ1) is 34.3. The van der Waals surface area contributed by atoms with Gasteiger partial charge in [-0.25, -0.2) is 4.57 Å². The van der Waals surface area contributed by atoms with E-state index in [9.17, 15) is 50.0 Å². The van der Waals surface area contributed by atoms with Crippen LogP contribution in [0.4, 0.5) is 0 Å². The van der Waals surface area contributed by atoms with Crippen molar-refractivity contribution in [2.75, 3.05) is 6.61 Å². The average molecular weight is 1030 g/mol. The Balaban J connectivity index is 2.45. The predicted octanol–water partition coefficient (Wildman–Crippen LogP) is 12.0. The molecule has 1 aliphatic carbocycles. The highest BCUT2D eigenvalue weighted by Crippen LogP contribution is 2.47. The molecule has 13 nitrogen and oxygen atoms in total. The highest BCUT2D eigenvalue weighted by atomic mass is 31.2. The molecule has 0 radical (unpaired) electrons. The maximum absolute atomic E-state index is 13.1. The van der Waals surface area contributed by atoms with E-state index in [1.807, 2.05) is 0 Å². The van der Waals surface area contributed by atoms with E-state index in [0.29, 0.717) is 19.3 Å². The Labute approximate surface area is 432 Å². The quantitative estimate of drug-likeness (QED) is 0.0158. The second-order valence-electron chi connectivity index (χ2n) is 20.7. The van der Waals surface area contributed by atoms with Gasteiger partial charge in [-0.05, 0) is 44.9 Å². The minimum absolute atomic E-state index is 0.253. The van der Waals surface area contributed by atoms with Crippen LogP contribution in [0.15, 0.2) is 36.5 Å². The number of hydrogen-bond donors (Lipinski definition) is 9. The summed E-state index contributed by atoms with van der Waals surface area (Å²) in [5.41, 5.74) is 0. The van der Waals surface area contributed by atoms with E-state index in [2.05, 4.69) is 43.5 Å². The second-order valence-corrected chi connectivity index (χ2v) is 22.1. The van der Waals surface area contributed by atoms with Gasteiger partial charge in [0.2, 0.25) is 5.91 Å². The van der Waals surface area contributed by atoms with Gasteiger partial charge < -0.3 is 46.0 Å². The number of amides is 1. The zero-order valence-corrected chi connectivity index (χ0v) is 45.8. The third kappa shape index (κ3) is 37.0. The molecule has 71 heavy (non-hydrogen) atoms. The van der Waals surface area contributed by atoms with Gasteiger partial charge in [-0.2, -0.15) is 0 Å². The molecule has 0 aromatic carbocycles. The molecule has 0 aliphatic heterocycles. The lowest BCUT2D eigenvalue weighted by Gasteiger charge is -2.41. The van der Waals surface area contributed by atoms with Gasteiger partial charge in [0.15, 0.2) is 0 Å². The van der Waals surface area contributed by atoms with Crippen molar-refractivity contribution in [1.29, 1.82) is 0 Å². The van der Waals surface area contributed by atoms with Crippen molar-refractivity contribution < 1.29 is 59.0 Å². The first-order valence-corrected chi connectivity index (χ1v) is 30.5. The minimum atomic E-state index is -5.16. The number of aliphatic hydroxyl groups excluding tert-OH is 7. The van der Waals surface area contributed by atoms with Crippen molar-refractivity contribution in [2.24, 2.45) is 0 Å². The highest BCUT2D eigenvalue weighted by Gasteiger charge is 2.51. The molecule has 418 valence electrons. The summed E-state index contributed by atoms with van der Waals surface area (Å²) in [4.78, 5) is 23.6. The molecule has 14 heteroatoms. The third-order valence-electron chi connectivity index (χ3n) is 14.0. The molecule has 1 saturated carbocycles. The number of rotatable bonds is 49. The summed E-state index contributed by atoms with van der Waals surface area (Å²) in [7, 11) is -5.16. The highest BCUT2D eigenvalue weighted by molar-refractivity contribution is 7.47. The first-order valence-electron chi connectivity index (χ1n) is 29.0. The van der Waals surface area contributed by atoms with Crippen LogP contribution in [0.1, 0.15) is 258 Å². The Kier molecular flexibility index (Phi) is 43.6. The van der Waals surface area contributed by atoms with Gasteiger partial charge in [-0.1, -0.05) is 243 Å². The normalized spacial score (nSPS) is 21.9. The van der Waals surface area contributed by atoms with Gasteiger partial charge in [-0.3, -0.25) is 13.8 Å². The smallest absolute Gasteiger partial charge is 0.393 e. The maximum atomic E-state index is 13.1. The van der Waals surface area contributed by atoms with Crippen molar-refractivity contribution in [3.8, 4) is 0 Å². The van der Waals surface area contributed by atoms with E-state index in [4.69, 9.17) is 9.05 Å². The number of aliphatic hydroxyl groups is 7. The van der Waals surface area contributed by atoms with Crippen molar-refractivity contribution in [3.63, 3.8) is 0 Å². The zero-order chi connectivity index (χ0) is 52.2. The molecule has 0 aromatic rings. The monoisotopic (exact) mass is 1030 g/mol. The lowest BCUT2D eigenvalue weighted by atomic mass is 9.85. The predicted molar refractivity (Wildman–Crippen MR) is 289 cm³/mol. The summed E-state index contributed by atoms with van der Waals surface area (Å²) < 4.78 is 23.0. The number of allylic oxidation sites excluding steroid dienone is 5. The Hall–Kier alpha value is -1.48. The molecule has 9 N–H and O–H groups in total. The molecule has 0 aromatic heterocycles. The van der Waals surface area contributed by atoms with Crippen LogP contribution < -0.4 is 5.32 Å². The fourth-order valence-corrected chi connectivity index (χ4v) is 10.2. The molecule has 1 fully saturated rings. The van der Waals surface area contributed by atoms with Crippen LogP contribution >= 0.6 is 7.82 Å². The van der Waals surface area contributed by atoms with Crippen molar-refractivity contribution in [3.05, 3.63) is 36.5 Å². The van der Waals surface area contributed by atoms with E-state index >= 15 is 0 Å². The van der Waals surface area contributed by atoms with E-state index < -0.39 is 75.2 Å². The SMILES string of the molecule is CCCCCCCCCCCCC/C=C/CC/C=C/CC/C=C/C(O)C(COP(=O)(O)OC1C(O)C(O)C(O)C(O)C1O)NC(=O)CC(O)CCCCCCCCCCCCCCCCCCCCCC. The van der Waals surface area contributed by atoms with E-state index in [0.717, 1.165) is 44.9 Å². The van der Waals surface area contributed by atoms with Crippen LogP contribution in [0, 0.1) is 0 Å². The van der Waals surface area contributed by atoms with Gasteiger partial charge in [0, 0.05) is 0 Å². The van der Waals surface area contributed by atoms with Crippen molar-refractivity contribution >= 4 is 13.7 Å². The average Bonchev–Trinajstić information content (AvgIpc) is 3.35. The first kappa shape index (κ1) is 67.5. The number of hydrogen-bond acceptors (Lipinski definition) is 11. The van der Waals surface area contributed by atoms with Crippen molar-refractivity contribution in [1.82, 2.24) is 5.32 Å². The molecular formula is C57H108NO12P. The van der Waals surface area contributed by atoms with Gasteiger partial charge >= 0.3 is 7.82 Å². The molecule has 1 aliphatic rings. The number of phosphoric ester groups is 1. The summed E-state index contributed by atoms with van der Waals surface area (Å²) in [5.74, 6) is -0.602. The molecule has 0 saturated heterocycles. The standard InChI is InChI=1S/C57H108NO12P/c1-3-5-7-9-11-13-15-17-19-21-23-25-27-29-31-33-35-37-39-41-43-45-50(60)49(47-69-71(67,68)70-57-55(65)53(63)52(62)54(64)56(57)66)58-51(61)46-48(59)44-42-40-38-36-34-32-30-28-26-24-22-20-18-16-14-12-10-8-6-4-2/h27,29,35,37,43,45,48-50,52-57,59-60,62-66H,3-26,28,30-34,36,38-42,44,46-47H2,1-2H3,(H,58,61)(H,67,68)/b29-27+,37-35+,45-43+. The van der Waals surface area contributed by atoms with Crippen LogP contribution in [0.5, 0.6) is 0 Å². The maximum Gasteiger partial charge on any atom is 0.472 e. The molecular weight excluding hydrogens is 922 g/mol. The number of nitrogens with one attached hydrogen (secondary N) is 1. The van der Waals surface area contributed by atoms with Crippen LogP contribution in [-0.4, -0.2) is 108 Å². The van der Waals surface area contributed by atoms with Crippen LogP contribution in [-0.2, 0) is 18.4 Å². The van der Waals surface area contributed by atoms with E-state index in [-0.39, 0.29) is 6.42 Å². The molecule has 0 heterocycles. The fraction of sp³-hybridized carbons (Fsp3) is 0.877. The molecule has 1 amide bonds. The van der Waals surface area contributed by atoms with Crippen LogP contribution in [0.2, 0.25) is 0 Å². The van der Waals surface area contributed by atoms with Crippen LogP contribution in [0.3, 0.4) is 0 Å². The van der Waals surface area contributed by atoms with Gasteiger partial charge in [0.25, 0.3) is 0 Å².